The predicted molar refractivity (Wildman–Crippen MR) is 80.6 cm³/mol. The highest BCUT2D eigenvalue weighted by atomic mass is 16.5. The van der Waals surface area contributed by atoms with Crippen LogP contribution in [0.15, 0.2) is 18.2 Å². The lowest BCUT2D eigenvalue weighted by molar-refractivity contribution is -0.153. The molecule has 2 rings (SSSR count). The van der Waals surface area contributed by atoms with Crippen LogP contribution in [0.3, 0.4) is 0 Å². The third kappa shape index (κ3) is 3.54. The molecule has 0 radical (unpaired) electrons. The van der Waals surface area contributed by atoms with Gasteiger partial charge in [0.2, 0.25) is 11.8 Å². The van der Waals surface area contributed by atoms with Crippen molar-refractivity contribution in [2.45, 2.75) is 40.2 Å². The van der Waals surface area contributed by atoms with Crippen molar-refractivity contribution in [3.8, 4) is 5.75 Å². The van der Waals surface area contributed by atoms with E-state index in [2.05, 4.69) is 0 Å². The Morgan fingerprint density at radius 2 is 1.86 bits per heavy atom. The van der Waals surface area contributed by atoms with E-state index in [1.807, 2.05) is 20.8 Å². The summed E-state index contributed by atoms with van der Waals surface area (Å²) in [5.41, 5.74) is 6.89. The molecule has 5 heteroatoms. The third-order valence-electron chi connectivity index (χ3n) is 3.57. The summed E-state index contributed by atoms with van der Waals surface area (Å²) >= 11 is 0. The molecule has 0 unspecified atom stereocenters. The number of likely N-dealkylation sites (tertiary alicyclic amines) is 1. The summed E-state index contributed by atoms with van der Waals surface area (Å²) in [4.78, 5) is 25.7. The Labute approximate surface area is 125 Å². The largest absolute Gasteiger partial charge is 0.494 e. The molecule has 0 bridgehead atoms. The number of piperidine rings is 1. The summed E-state index contributed by atoms with van der Waals surface area (Å²) in [7, 11) is 0. The van der Waals surface area contributed by atoms with Crippen molar-refractivity contribution in [2.75, 3.05) is 12.3 Å². The Balaban J connectivity index is 2.23. The lowest BCUT2D eigenvalue weighted by Gasteiger charge is -2.35. The maximum absolute atomic E-state index is 12.2. The summed E-state index contributed by atoms with van der Waals surface area (Å²) in [6.45, 7) is 6.50. The monoisotopic (exact) mass is 290 g/mol. The van der Waals surface area contributed by atoms with E-state index in [4.69, 9.17) is 10.5 Å². The average Bonchev–Trinajstić information content (AvgIpc) is 2.36. The zero-order chi connectivity index (χ0) is 15.6. The number of hydrogen-bond donors (Lipinski definition) is 1. The molecular weight excluding hydrogens is 268 g/mol. The first-order valence-corrected chi connectivity index (χ1v) is 7.17. The van der Waals surface area contributed by atoms with Crippen molar-refractivity contribution >= 4 is 17.5 Å². The number of nitrogens with zero attached hydrogens (tertiary/aromatic N) is 1. The number of ether oxygens (including phenoxy) is 1. The van der Waals surface area contributed by atoms with Crippen molar-refractivity contribution in [2.24, 2.45) is 5.41 Å². The van der Waals surface area contributed by atoms with Gasteiger partial charge in [0.05, 0.1) is 13.2 Å². The zero-order valence-corrected chi connectivity index (χ0v) is 12.8. The van der Waals surface area contributed by atoms with Gasteiger partial charge in [0.1, 0.15) is 5.75 Å². The van der Waals surface area contributed by atoms with E-state index in [9.17, 15) is 9.59 Å². The molecule has 1 fully saturated rings. The molecular formula is C16H22N2O3. The minimum Gasteiger partial charge on any atom is -0.494 e. The SMILES string of the molecule is CCOc1ccc(N)cc1CN1C(=O)CC(C)(C)CC1=O. The van der Waals surface area contributed by atoms with Crippen LogP contribution < -0.4 is 10.5 Å². The average molecular weight is 290 g/mol. The van der Waals surface area contributed by atoms with Crippen molar-refractivity contribution in [3.63, 3.8) is 0 Å². The highest BCUT2D eigenvalue weighted by Gasteiger charge is 2.37. The number of carbonyl (C=O) groups excluding carboxylic acids is 2. The van der Waals surface area contributed by atoms with Gasteiger partial charge >= 0.3 is 0 Å². The number of imide groups is 1. The Morgan fingerprint density at radius 3 is 2.43 bits per heavy atom. The van der Waals surface area contributed by atoms with E-state index in [-0.39, 0.29) is 23.8 Å². The molecule has 2 amide bonds. The third-order valence-corrected chi connectivity index (χ3v) is 3.57. The Kier molecular flexibility index (Phi) is 4.21. The number of nitrogen functional groups attached to an aromatic ring is 1. The van der Waals surface area contributed by atoms with Gasteiger partial charge in [0.25, 0.3) is 0 Å². The van der Waals surface area contributed by atoms with E-state index >= 15 is 0 Å². The quantitative estimate of drug-likeness (QED) is 0.682. The minimum atomic E-state index is -0.261. The van der Waals surface area contributed by atoms with Crippen LogP contribution in [-0.4, -0.2) is 23.3 Å². The zero-order valence-electron chi connectivity index (χ0n) is 12.8. The highest BCUT2D eigenvalue weighted by Crippen LogP contribution is 2.33. The molecule has 21 heavy (non-hydrogen) atoms. The van der Waals surface area contributed by atoms with Gasteiger partial charge in [-0.2, -0.15) is 0 Å². The van der Waals surface area contributed by atoms with Crippen LogP contribution in [-0.2, 0) is 16.1 Å². The standard InChI is InChI=1S/C16H22N2O3/c1-4-21-13-6-5-12(17)7-11(13)10-18-14(19)8-16(2,3)9-15(18)20/h5-7H,4,8-10,17H2,1-3H3. The summed E-state index contributed by atoms with van der Waals surface area (Å²) in [6, 6.07) is 5.28. The fraction of sp³-hybridized carbons (Fsp3) is 0.500. The maximum atomic E-state index is 12.2. The minimum absolute atomic E-state index is 0.138. The van der Waals surface area contributed by atoms with Crippen molar-refractivity contribution < 1.29 is 14.3 Å². The van der Waals surface area contributed by atoms with E-state index < -0.39 is 0 Å². The van der Waals surface area contributed by atoms with Gasteiger partial charge in [-0.1, -0.05) is 13.8 Å². The number of benzene rings is 1. The van der Waals surface area contributed by atoms with Crippen molar-refractivity contribution in [3.05, 3.63) is 23.8 Å². The number of carbonyl (C=O) groups is 2. The second-order valence-electron chi connectivity index (χ2n) is 6.19. The number of hydrogen-bond acceptors (Lipinski definition) is 4. The van der Waals surface area contributed by atoms with Crippen molar-refractivity contribution in [1.29, 1.82) is 0 Å². The normalized spacial score (nSPS) is 18.0. The van der Waals surface area contributed by atoms with Crippen LogP contribution in [0.25, 0.3) is 0 Å². The van der Waals surface area contributed by atoms with Crippen LogP contribution in [0.4, 0.5) is 5.69 Å². The van der Waals surface area contributed by atoms with Crippen LogP contribution in [0.5, 0.6) is 5.75 Å². The van der Waals surface area contributed by atoms with E-state index in [1.54, 1.807) is 18.2 Å². The molecule has 0 atom stereocenters. The Morgan fingerprint density at radius 1 is 1.24 bits per heavy atom. The number of amides is 2. The molecule has 1 saturated heterocycles. The van der Waals surface area contributed by atoms with Crippen LogP contribution in [0.1, 0.15) is 39.2 Å². The topological polar surface area (TPSA) is 72.6 Å². The van der Waals surface area contributed by atoms with Gasteiger partial charge in [-0.3, -0.25) is 14.5 Å². The first-order valence-electron chi connectivity index (χ1n) is 7.17. The van der Waals surface area contributed by atoms with Crippen molar-refractivity contribution in [1.82, 2.24) is 4.90 Å². The fourth-order valence-electron chi connectivity index (χ4n) is 2.58. The molecule has 0 aliphatic carbocycles. The van der Waals surface area contributed by atoms with Gasteiger partial charge in [-0.25, -0.2) is 0 Å². The number of anilines is 1. The molecule has 114 valence electrons. The van der Waals surface area contributed by atoms with E-state index in [0.717, 1.165) is 5.56 Å². The van der Waals surface area contributed by atoms with Gasteiger partial charge in [0, 0.05) is 24.1 Å². The molecule has 2 N–H and O–H groups in total. The fourth-order valence-corrected chi connectivity index (χ4v) is 2.58. The molecule has 1 aromatic rings. The molecule has 1 aromatic carbocycles. The second kappa shape index (κ2) is 5.76. The van der Waals surface area contributed by atoms with Gasteiger partial charge in [-0.05, 0) is 30.5 Å². The lowest BCUT2D eigenvalue weighted by Crippen LogP contribution is -2.45. The molecule has 0 aromatic heterocycles. The smallest absolute Gasteiger partial charge is 0.230 e. The van der Waals surface area contributed by atoms with Gasteiger partial charge in [-0.15, -0.1) is 0 Å². The highest BCUT2D eigenvalue weighted by molar-refractivity contribution is 5.98. The first kappa shape index (κ1) is 15.4. The lowest BCUT2D eigenvalue weighted by atomic mass is 9.81. The summed E-state index contributed by atoms with van der Waals surface area (Å²) in [5, 5.41) is 0. The van der Waals surface area contributed by atoms with Gasteiger partial charge in [0.15, 0.2) is 0 Å². The van der Waals surface area contributed by atoms with Gasteiger partial charge < -0.3 is 10.5 Å². The van der Waals surface area contributed by atoms with Crippen LogP contribution in [0, 0.1) is 5.41 Å². The number of nitrogens with two attached hydrogens (primary N) is 1. The molecule has 1 aliphatic rings. The Hall–Kier alpha value is -2.04. The summed E-state index contributed by atoms with van der Waals surface area (Å²) < 4.78 is 5.54. The maximum Gasteiger partial charge on any atom is 0.230 e. The van der Waals surface area contributed by atoms with Crippen LogP contribution >= 0.6 is 0 Å². The molecule has 5 nitrogen and oxygen atoms in total. The summed E-state index contributed by atoms with van der Waals surface area (Å²) in [5.74, 6) is 0.388. The molecule has 1 aliphatic heterocycles. The molecule has 1 heterocycles. The van der Waals surface area contributed by atoms with Crippen LogP contribution in [0.2, 0.25) is 0 Å². The van der Waals surface area contributed by atoms with E-state index in [0.29, 0.717) is 30.9 Å². The second-order valence-corrected chi connectivity index (χ2v) is 6.19. The Bertz CT molecular complexity index is 547. The summed E-state index contributed by atoms with van der Waals surface area (Å²) in [6.07, 6.45) is 0.760. The predicted octanol–water partition coefficient (Wildman–Crippen LogP) is 2.34. The van der Waals surface area contributed by atoms with E-state index in [1.165, 1.54) is 4.90 Å². The first-order chi connectivity index (χ1) is 9.82. The number of rotatable bonds is 4. The molecule has 0 saturated carbocycles. The molecule has 0 spiro atoms.